The van der Waals surface area contributed by atoms with E-state index in [1.165, 1.54) is 0 Å². The van der Waals surface area contributed by atoms with Gasteiger partial charge >= 0.3 is 0 Å². The van der Waals surface area contributed by atoms with Crippen LogP contribution in [0.15, 0.2) is 10.9 Å². The molecule has 1 aromatic heterocycles. The maximum absolute atomic E-state index is 11.4. The Bertz CT molecular complexity index is 307. The van der Waals surface area contributed by atoms with Crippen molar-refractivity contribution in [2.24, 2.45) is 7.05 Å². The van der Waals surface area contributed by atoms with Crippen LogP contribution in [0.1, 0.15) is 30.7 Å². The Hall–Kier alpha value is -1.05. The van der Waals surface area contributed by atoms with E-state index >= 15 is 0 Å². The third-order valence-electron chi connectivity index (χ3n) is 2.17. The van der Waals surface area contributed by atoms with Crippen LogP contribution in [0.4, 0.5) is 0 Å². The molecular weight excluding hydrogens is 162 g/mol. The van der Waals surface area contributed by atoms with Crippen molar-refractivity contribution < 1.29 is 0 Å². The summed E-state index contributed by atoms with van der Waals surface area (Å²) in [6.07, 6.45) is 0. The average Bonchev–Trinajstić information content (AvgIpc) is 2.15. The summed E-state index contributed by atoms with van der Waals surface area (Å²) in [7, 11) is 1.80. The molecule has 74 valence electrons. The molecule has 1 heterocycles. The van der Waals surface area contributed by atoms with Crippen LogP contribution in [0.25, 0.3) is 0 Å². The van der Waals surface area contributed by atoms with Gasteiger partial charge < -0.3 is 4.57 Å². The molecule has 0 fully saturated rings. The third-order valence-corrected chi connectivity index (χ3v) is 2.17. The van der Waals surface area contributed by atoms with Gasteiger partial charge in [0.1, 0.15) is 0 Å². The summed E-state index contributed by atoms with van der Waals surface area (Å²) in [6, 6.07) is 2.02. The first-order valence-corrected chi connectivity index (χ1v) is 4.68. The van der Waals surface area contributed by atoms with Gasteiger partial charge in [0.25, 0.3) is 5.56 Å². The van der Waals surface area contributed by atoms with Crippen molar-refractivity contribution in [1.29, 1.82) is 0 Å². The molecule has 1 aromatic rings. The van der Waals surface area contributed by atoms with E-state index in [2.05, 4.69) is 0 Å². The Balaban J connectivity index is 0.000000671. The van der Waals surface area contributed by atoms with E-state index in [9.17, 15) is 4.79 Å². The second-order valence-corrected chi connectivity index (χ2v) is 2.96. The van der Waals surface area contributed by atoms with Gasteiger partial charge in [-0.3, -0.25) is 4.79 Å². The minimum absolute atomic E-state index is 0.113. The van der Waals surface area contributed by atoms with Gasteiger partial charge in [0.2, 0.25) is 0 Å². The zero-order valence-electron chi connectivity index (χ0n) is 9.43. The van der Waals surface area contributed by atoms with Crippen LogP contribution < -0.4 is 5.56 Å². The summed E-state index contributed by atoms with van der Waals surface area (Å²) in [6.45, 7) is 9.76. The molecule has 2 nitrogen and oxygen atoms in total. The Kier molecular flexibility index (Phi) is 4.46. The molecule has 0 aliphatic rings. The van der Waals surface area contributed by atoms with Gasteiger partial charge in [-0.05, 0) is 32.4 Å². The molecule has 0 aliphatic carbocycles. The average molecular weight is 181 g/mol. The third kappa shape index (κ3) is 2.44. The van der Waals surface area contributed by atoms with Gasteiger partial charge in [-0.1, -0.05) is 13.8 Å². The van der Waals surface area contributed by atoms with Crippen LogP contribution in [-0.4, -0.2) is 4.57 Å². The van der Waals surface area contributed by atoms with Crippen LogP contribution >= 0.6 is 0 Å². The first-order valence-electron chi connectivity index (χ1n) is 4.68. The molecule has 2 heteroatoms. The molecule has 0 atom stereocenters. The van der Waals surface area contributed by atoms with E-state index in [-0.39, 0.29) is 5.56 Å². The van der Waals surface area contributed by atoms with E-state index in [1.807, 2.05) is 40.7 Å². The monoisotopic (exact) mass is 181 g/mol. The Labute approximate surface area is 80.2 Å². The number of pyridine rings is 1. The van der Waals surface area contributed by atoms with E-state index < -0.39 is 0 Å². The highest BCUT2D eigenvalue weighted by molar-refractivity contribution is 5.24. The van der Waals surface area contributed by atoms with Gasteiger partial charge in [0.05, 0.1) is 0 Å². The highest BCUT2D eigenvalue weighted by Gasteiger charge is 2.01. The van der Waals surface area contributed by atoms with Crippen molar-refractivity contribution in [3.05, 3.63) is 33.2 Å². The van der Waals surface area contributed by atoms with Crippen molar-refractivity contribution in [2.45, 2.75) is 34.6 Å². The standard InChI is InChI=1S/C9H13NO.C2H6/c1-6-5-7(2)10(4)9(11)8(6)3;1-2/h5H,1-4H3;1-2H3. The highest BCUT2D eigenvalue weighted by Crippen LogP contribution is 2.02. The molecule has 0 saturated carbocycles. The molecule has 0 N–H and O–H groups in total. The SMILES string of the molecule is CC.Cc1cc(C)n(C)c(=O)c1C. The number of nitrogens with zero attached hydrogens (tertiary/aromatic N) is 1. The molecule has 0 bridgehead atoms. The van der Waals surface area contributed by atoms with E-state index in [1.54, 1.807) is 11.6 Å². The fourth-order valence-electron chi connectivity index (χ4n) is 1.10. The zero-order valence-corrected chi connectivity index (χ0v) is 9.43. The van der Waals surface area contributed by atoms with E-state index in [0.717, 1.165) is 16.8 Å². The predicted octanol–water partition coefficient (Wildman–Crippen LogP) is 2.34. The zero-order chi connectivity index (χ0) is 10.6. The van der Waals surface area contributed by atoms with Crippen molar-refractivity contribution in [2.75, 3.05) is 0 Å². The first-order chi connectivity index (χ1) is 6.04. The second-order valence-electron chi connectivity index (χ2n) is 2.96. The second kappa shape index (κ2) is 4.85. The quantitative estimate of drug-likeness (QED) is 0.602. The number of hydrogen-bond donors (Lipinski definition) is 0. The summed E-state index contributed by atoms with van der Waals surface area (Å²) in [4.78, 5) is 11.4. The molecule has 0 amide bonds. The largest absolute Gasteiger partial charge is 0.316 e. The lowest BCUT2D eigenvalue weighted by atomic mass is 10.1. The van der Waals surface area contributed by atoms with E-state index in [0.29, 0.717) is 0 Å². The van der Waals surface area contributed by atoms with Crippen LogP contribution in [0.2, 0.25) is 0 Å². The summed E-state index contributed by atoms with van der Waals surface area (Å²) >= 11 is 0. The van der Waals surface area contributed by atoms with Crippen LogP contribution in [0.3, 0.4) is 0 Å². The lowest BCUT2D eigenvalue weighted by Gasteiger charge is -2.06. The van der Waals surface area contributed by atoms with Gasteiger partial charge in [0, 0.05) is 18.3 Å². The van der Waals surface area contributed by atoms with Crippen molar-refractivity contribution in [3.63, 3.8) is 0 Å². The number of aromatic nitrogens is 1. The van der Waals surface area contributed by atoms with Gasteiger partial charge in [0.15, 0.2) is 0 Å². The summed E-state index contributed by atoms with van der Waals surface area (Å²) < 4.78 is 1.67. The topological polar surface area (TPSA) is 22.0 Å². The maximum Gasteiger partial charge on any atom is 0.253 e. The molecule has 0 aromatic carbocycles. The maximum atomic E-state index is 11.4. The summed E-state index contributed by atoms with van der Waals surface area (Å²) in [5.41, 5.74) is 3.05. The minimum atomic E-state index is 0.113. The van der Waals surface area contributed by atoms with Crippen molar-refractivity contribution in [3.8, 4) is 0 Å². The molecule has 0 radical (unpaired) electrons. The molecule has 0 unspecified atom stereocenters. The number of hydrogen-bond acceptors (Lipinski definition) is 1. The molecule has 0 spiro atoms. The highest BCUT2D eigenvalue weighted by atomic mass is 16.1. The Morgan fingerprint density at radius 1 is 1.15 bits per heavy atom. The number of rotatable bonds is 0. The lowest BCUT2D eigenvalue weighted by molar-refractivity contribution is 0.803. The van der Waals surface area contributed by atoms with Crippen molar-refractivity contribution >= 4 is 0 Å². The molecular formula is C11H19NO. The summed E-state index contributed by atoms with van der Waals surface area (Å²) in [5, 5.41) is 0. The lowest BCUT2D eigenvalue weighted by Crippen LogP contribution is -2.21. The smallest absolute Gasteiger partial charge is 0.253 e. The molecule has 0 aliphatic heterocycles. The molecule has 13 heavy (non-hydrogen) atoms. The van der Waals surface area contributed by atoms with Gasteiger partial charge in [-0.25, -0.2) is 0 Å². The normalized spacial score (nSPS) is 9.08. The first kappa shape index (κ1) is 11.9. The number of aryl methyl sites for hydroxylation is 2. The molecule has 0 saturated heterocycles. The summed E-state index contributed by atoms with van der Waals surface area (Å²) in [5.74, 6) is 0. The van der Waals surface area contributed by atoms with Gasteiger partial charge in [-0.15, -0.1) is 0 Å². The Morgan fingerprint density at radius 3 is 2.08 bits per heavy atom. The molecule has 1 rings (SSSR count). The van der Waals surface area contributed by atoms with Gasteiger partial charge in [-0.2, -0.15) is 0 Å². The fourth-order valence-corrected chi connectivity index (χ4v) is 1.10. The Morgan fingerprint density at radius 2 is 1.62 bits per heavy atom. The fraction of sp³-hybridized carbons (Fsp3) is 0.545. The van der Waals surface area contributed by atoms with Crippen molar-refractivity contribution in [1.82, 2.24) is 4.57 Å². The van der Waals surface area contributed by atoms with E-state index in [4.69, 9.17) is 0 Å². The predicted molar refractivity (Wildman–Crippen MR) is 57.2 cm³/mol. The van der Waals surface area contributed by atoms with Crippen LogP contribution in [0, 0.1) is 20.8 Å². The van der Waals surface area contributed by atoms with Crippen LogP contribution in [0.5, 0.6) is 0 Å². The van der Waals surface area contributed by atoms with Crippen LogP contribution in [-0.2, 0) is 7.05 Å². The minimum Gasteiger partial charge on any atom is -0.316 e.